The van der Waals surface area contributed by atoms with Crippen molar-refractivity contribution in [1.29, 1.82) is 0 Å². The monoisotopic (exact) mass is 379 g/mol. The minimum Gasteiger partial charge on any atom is -0.484 e. The maximum Gasteiger partial charge on any atom is 0.257 e. The first kappa shape index (κ1) is 19.9. The van der Waals surface area contributed by atoms with E-state index in [2.05, 4.69) is 47.8 Å². The normalized spacial score (nSPS) is 11.2. The van der Waals surface area contributed by atoms with E-state index < -0.39 is 0 Å². The second-order valence-electron chi connectivity index (χ2n) is 7.46. The fourth-order valence-corrected chi connectivity index (χ4v) is 3.53. The third-order valence-electron chi connectivity index (χ3n) is 4.96. The van der Waals surface area contributed by atoms with Gasteiger partial charge in [0.15, 0.2) is 6.61 Å². The molecule has 3 aromatic rings. The van der Waals surface area contributed by atoms with Gasteiger partial charge in [-0.25, -0.2) is 4.98 Å². The van der Waals surface area contributed by atoms with Crippen LogP contribution in [0.15, 0.2) is 42.5 Å². The molecule has 2 aromatic carbocycles. The number of aromatic nitrogens is 2. The molecule has 0 radical (unpaired) electrons. The molecule has 148 valence electrons. The fourth-order valence-electron chi connectivity index (χ4n) is 3.53. The molecule has 5 heteroatoms. The number of amides is 1. The number of para-hydroxylation sites is 2. The zero-order valence-electron chi connectivity index (χ0n) is 17.2. The number of imidazole rings is 1. The first-order chi connectivity index (χ1) is 13.5. The summed E-state index contributed by atoms with van der Waals surface area (Å²) in [5.74, 6) is 2.11. The van der Waals surface area contributed by atoms with Crippen molar-refractivity contribution in [3.8, 4) is 5.75 Å². The number of aryl methyl sites for hydroxylation is 3. The maximum absolute atomic E-state index is 12.1. The zero-order chi connectivity index (χ0) is 20.1. The van der Waals surface area contributed by atoms with Crippen LogP contribution in [0.3, 0.4) is 0 Å². The topological polar surface area (TPSA) is 56.1 Å². The van der Waals surface area contributed by atoms with Crippen molar-refractivity contribution < 1.29 is 9.53 Å². The first-order valence-electron chi connectivity index (χ1n) is 9.87. The van der Waals surface area contributed by atoms with E-state index in [-0.39, 0.29) is 12.5 Å². The molecular formula is C23H29N3O2. The molecule has 0 aliphatic rings. The third-order valence-corrected chi connectivity index (χ3v) is 4.96. The van der Waals surface area contributed by atoms with E-state index in [1.54, 1.807) is 0 Å². The molecule has 28 heavy (non-hydrogen) atoms. The predicted molar refractivity (Wildman–Crippen MR) is 113 cm³/mol. The van der Waals surface area contributed by atoms with E-state index in [1.165, 1.54) is 11.1 Å². The van der Waals surface area contributed by atoms with Crippen molar-refractivity contribution in [2.45, 2.75) is 46.6 Å². The van der Waals surface area contributed by atoms with Gasteiger partial charge in [-0.1, -0.05) is 32.0 Å². The summed E-state index contributed by atoms with van der Waals surface area (Å²) in [5.41, 5.74) is 4.64. The van der Waals surface area contributed by atoms with Gasteiger partial charge in [0.1, 0.15) is 11.6 Å². The quantitative estimate of drug-likeness (QED) is 0.592. The minimum atomic E-state index is -0.0993. The van der Waals surface area contributed by atoms with Gasteiger partial charge in [-0.05, 0) is 61.6 Å². The number of benzene rings is 2. The average Bonchev–Trinajstić information content (AvgIpc) is 2.98. The van der Waals surface area contributed by atoms with E-state index in [1.807, 2.05) is 37.3 Å². The molecule has 0 atom stereocenters. The molecule has 0 bridgehead atoms. The van der Waals surface area contributed by atoms with Gasteiger partial charge in [0.05, 0.1) is 11.0 Å². The van der Waals surface area contributed by atoms with E-state index >= 15 is 0 Å². The SMILES string of the molecule is Cc1cc(OCC(=O)NCCCn2c(C)nc3ccccc32)ccc1C(C)C. The Bertz CT molecular complexity index is 960. The number of ether oxygens (including phenoxy) is 1. The number of nitrogens with zero attached hydrogens (tertiary/aromatic N) is 2. The zero-order valence-corrected chi connectivity index (χ0v) is 17.2. The summed E-state index contributed by atoms with van der Waals surface area (Å²) in [6, 6.07) is 14.1. The van der Waals surface area contributed by atoms with Crippen LogP contribution < -0.4 is 10.1 Å². The van der Waals surface area contributed by atoms with Gasteiger partial charge in [-0.15, -0.1) is 0 Å². The van der Waals surface area contributed by atoms with Gasteiger partial charge in [0.25, 0.3) is 5.91 Å². The van der Waals surface area contributed by atoms with Crippen LogP contribution in [0.1, 0.15) is 43.1 Å². The molecule has 1 N–H and O–H groups in total. The molecule has 0 spiro atoms. The Morgan fingerprint density at radius 1 is 1.18 bits per heavy atom. The summed E-state index contributed by atoms with van der Waals surface area (Å²) in [6.07, 6.45) is 0.842. The van der Waals surface area contributed by atoms with Gasteiger partial charge >= 0.3 is 0 Å². The van der Waals surface area contributed by atoms with Crippen molar-refractivity contribution in [3.05, 3.63) is 59.4 Å². The summed E-state index contributed by atoms with van der Waals surface area (Å²) in [7, 11) is 0. The molecule has 0 saturated carbocycles. The highest BCUT2D eigenvalue weighted by Crippen LogP contribution is 2.23. The molecule has 1 heterocycles. The highest BCUT2D eigenvalue weighted by molar-refractivity contribution is 5.77. The molecule has 3 rings (SSSR count). The lowest BCUT2D eigenvalue weighted by atomic mass is 9.98. The number of fused-ring (bicyclic) bond motifs is 1. The summed E-state index contributed by atoms with van der Waals surface area (Å²) in [6.45, 7) is 9.90. The highest BCUT2D eigenvalue weighted by Gasteiger charge is 2.08. The van der Waals surface area contributed by atoms with Crippen LogP contribution in [0.2, 0.25) is 0 Å². The lowest BCUT2D eigenvalue weighted by Gasteiger charge is -2.12. The number of carbonyl (C=O) groups is 1. The summed E-state index contributed by atoms with van der Waals surface area (Å²) in [5, 5.41) is 2.93. The molecular weight excluding hydrogens is 350 g/mol. The van der Waals surface area contributed by atoms with Crippen molar-refractivity contribution in [2.24, 2.45) is 0 Å². The third kappa shape index (κ3) is 4.71. The van der Waals surface area contributed by atoms with E-state index in [9.17, 15) is 4.79 Å². The Morgan fingerprint density at radius 3 is 2.71 bits per heavy atom. The van der Waals surface area contributed by atoms with Crippen LogP contribution in [-0.4, -0.2) is 28.6 Å². The van der Waals surface area contributed by atoms with Crippen LogP contribution >= 0.6 is 0 Å². The van der Waals surface area contributed by atoms with Crippen molar-refractivity contribution >= 4 is 16.9 Å². The van der Waals surface area contributed by atoms with E-state index in [4.69, 9.17) is 4.74 Å². The number of rotatable bonds is 8. The Kier molecular flexibility index (Phi) is 6.34. The first-order valence-corrected chi connectivity index (χ1v) is 9.87. The molecule has 1 aromatic heterocycles. The Hall–Kier alpha value is -2.82. The Labute approximate surface area is 166 Å². The van der Waals surface area contributed by atoms with Crippen molar-refractivity contribution in [3.63, 3.8) is 0 Å². The number of hydrogen-bond acceptors (Lipinski definition) is 3. The average molecular weight is 380 g/mol. The molecule has 0 aliphatic heterocycles. The maximum atomic E-state index is 12.1. The lowest BCUT2D eigenvalue weighted by Crippen LogP contribution is -2.30. The summed E-state index contributed by atoms with van der Waals surface area (Å²) < 4.78 is 7.83. The van der Waals surface area contributed by atoms with Gasteiger partial charge in [-0.2, -0.15) is 0 Å². The van der Waals surface area contributed by atoms with Crippen LogP contribution in [0.25, 0.3) is 11.0 Å². The Balaban J connectivity index is 1.43. The number of carbonyl (C=O) groups excluding carboxylic acids is 1. The largest absolute Gasteiger partial charge is 0.484 e. The lowest BCUT2D eigenvalue weighted by molar-refractivity contribution is -0.123. The van der Waals surface area contributed by atoms with Crippen LogP contribution in [-0.2, 0) is 11.3 Å². The van der Waals surface area contributed by atoms with Gasteiger partial charge < -0.3 is 14.6 Å². The fraction of sp³-hybridized carbons (Fsp3) is 0.391. The molecule has 0 saturated heterocycles. The molecule has 0 aliphatic carbocycles. The minimum absolute atomic E-state index is 0.0352. The van der Waals surface area contributed by atoms with Gasteiger partial charge in [-0.3, -0.25) is 4.79 Å². The van der Waals surface area contributed by atoms with E-state index in [0.717, 1.165) is 35.6 Å². The second-order valence-corrected chi connectivity index (χ2v) is 7.46. The van der Waals surface area contributed by atoms with E-state index in [0.29, 0.717) is 12.5 Å². The van der Waals surface area contributed by atoms with Gasteiger partial charge in [0, 0.05) is 13.1 Å². The van der Waals surface area contributed by atoms with Crippen LogP contribution in [0, 0.1) is 13.8 Å². The summed E-state index contributed by atoms with van der Waals surface area (Å²) in [4.78, 5) is 16.6. The van der Waals surface area contributed by atoms with Gasteiger partial charge in [0.2, 0.25) is 0 Å². The number of nitrogens with one attached hydrogen (secondary N) is 1. The Morgan fingerprint density at radius 2 is 1.96 bits per heavy atom. The summed E-state index contributed by atoms with van der Waals surface area (Å²) >= 11 is 0. The predicted octanol–water partition coefficient (Wildman–Crippen LogP) is 4.36. The molecule has 1 amide bonds. The van der Waals surface area contributed by atoms with Crippen LogP contribution in [0.5, 0.6) is 5.75 Å². The molecule has 0 fully saturated rings. The molecule has 5 nitrogen and oxygen atoms in total. The smallest absolute Gasteiger partial charge is 0.257 e. The standard InChI is InChI=1S/C23H29N3O2/c1-16(2)20-11-10-19(14-17(20)3)28-15-23(27)24-12-7-13-26-18(4)25-21-8-5-6-9-22(21)26/h5-6,8-11,14,16H,7,12-13,15H2,1-4H3,(H,24,27). The molecule has 0 unspecified atom stereocenters. The van der Waals surface area contributed by atoms with Crippen molar-refractivity contribution in [2.75, 3.05) is 13.2 Å². The van der Waals surface area contributed by atoms with Crippen molar-refractivity contribution in [1.82, 2.24) is 14.9 Å². The second kappa shape index (κ2) is 8.91. The highest BCUT2D eigenvalue weighted by atomic mass is 16.5. The van der Waals surface area contributed by atoms with Crippen LogP contribution in [0.4, 0.5) is 0 Å². The number of hydrogen-bond donors (Lipinski definition) is 1.